The van der Waals surface area contributed by atoms with Gasteiger partial charge >= 0.3 is 0 Å². The zero-order valence-corrected chi connectivity index (χ0v) is 14.3. The van der Waals surface area contributed by atoms with E-state index in [-0.39, 0.29) is 5.60 Å². The second kappa shape index (κ2) is 5.43. The largest absolute Gasteiger partial charge is 0.471 e. The van der Waals surface area contributed by atoms with Crippen LogP contribution in [0.25, 0.3) is 10.8 Å². The highest BCUT2D eigenvalue weighted by atomic mass is 35.5. The van der Waals surface area contributed by atoms with Gasteiger partial charge in [0.15, 0.2) is 5.90 Å². The van der Waals surface area contributed by atoms with Gasteiger partial charge in [-0.3, -0.25) is 14.9 Å². The van der Waals surface area contributed by atoms with Gasteiger partial charge in [0, 0.05) is 29.1 Å². The normalized spacial score (nSPS) is 31.5. The molecule has 5 heteroatoms. The highest BCUT2D eigenvalue weighted by Gasteiger charge is 2.51. The Morgan fingerprint density at radius 1 is 1.21 bits per heavy atom. The van der Waals surface area contributed by atoms with Crippen LogP contribution in [0, 0.1) is 5.92 Å². The van der Waals surface area contributed by atoms with Gasteiger partial charge in [0.1, 0.15) is 5.60 Å². The fourth-order valence-corrected chi connectivity index (χ4v) is 4.62. The van der Waals surface area contributed by atoms with Crippen molar-refractivity contribution in [2.75, 3.05) is 26.2 Å². The maximum atomic E-state index is 6.41. The summed E-state index contributed by atoms with van der Waals surface area (Å²) in [5, 5.41) is 2.96. The van der Waals surface area contributed by atoms with Crippen LogP contribution in [0.15, 0.2) is 35.5 Å². The SMILES string of the molecule is Clc1ccc2cc(CC3=NC[C@@]4(CN5CCC4CC5)O3)ncc2c1. The number of ether oxygens (including phenoxy) is 1. The van der Waals surface area contributed by atoms with Gasteiger partial charge < -0.3 is 4.74 Å². The molecular formula is C19H20ClN3O. The summed E-state index contributed by atoms with van der Waals surface area (Å²) in [7, 11) is 0. The van der Waals surface area contributed by atoms with Crippen LogP contribution in [0.5, 0.6) is 0 Å². The smallest absolute Gasteiger partial charge is 0.190 e. The Balaban J connectivity index is 1.35. The van der Waals surface area contributed by atoms with E-state index >= 15 is 0 Å². The molecule has 124 valence electrons. The van der Waals surface area contributed by atoms with E-state index in [1.807, 2.05) is 24.4 Å². The lowest BCUT2D eigenvalue weighted by atomic mass is 9.75. The molecule has 0 unspecified atom stereocenters. The van der Waals surface area contributed by atoms with Crippen LogP contribution >= 0.6 is 11.6 Å². The van der Waals surface area contributed by atoms with Crippen LogP contribution in [0.2, 0.25) is 5.02 Å². The minimum absolute atomic E-state index is 0.0593. The number of rotatable bonds is 2. The van der Waals surface area contributed by atoms with E-state index in [9.17, 15) is 0 Å². The van der Waals surface area contributed by atoms with E-state index < -0.39 is 0 Å². The molecule has 5 heterocycles. The number of hydrogen-bond donors (Lipinski definition) is 0. The molecule has 2 aromatic rings. The van der Waals surface area contributed by atoms with Gasteiger partial charge in [-0.1, -0.05) is 17.7 Å². The highest BCUT2D eigenvalue weighted by molar-refractivity contribution is 6.31. The quantitative estimate of drug-likeness (QED) is 0.841. The lowest BCUT2D eigenvalue weighted by molar-refractivity contribution is -0.0837. The third-order valence-corrected chi connectivity index (χ3v) is 5.97. The van der Waals surface area contributed by atoms with Gasteiger partial charge in [-0.2, -0.15) is 0 Å². The number of piperidine rings is 3. The molecular weight excluding hydrogens is 322 g/mol. The van der Waals surface area contributed by atoms with Crippen molar-refractivity contribution in [2.24, 2.45) is 10.9 Å². The first-order chi connectivity index (χ1) is 11.7. The molecule has 4 aliphatic heterocycles. The van der Waals surface area contributed by atoms with E-state index in [4.69, 9.17) is 21.3 Å². The van der Waals surface area contributed by atoms with E-state index in [0.717, 1.165) is 40.5 Å². The molecule has 1 atom stereocenters. The van der Waals surface area contributed by atoms with Crippen molar-refractivity contribution in [1.82, 2.24) is 9.88 Å². The Kier molecular flexibility index (Phi) is 3.32. The van der Waals surface area contributed by atoms with E-state index in [2.05, 4.69) is 16.0 Å². The second-order valence-corrected chi connectivity index (χ2v) is 7.71. The topological polar surface area (TPSA) is 37.7 Å². The molecule has 1 aromatic carbocycles. The molecule has 24 heavy (non-hydrogen) atoms. The summed E-state index contributed by atoms with van der Waals surface area (Å²) in [6.07, 6.45) is 5.05. The van der Waals surface area contributed by atoms with Crippen molar-refractivity contribution in [1.29, 1.82) is 0 Å². The molecule has 1 spiro atoms. The zero-order valence-electron chi connectivity index (χ0n) is 13.5. The summed E-state index contributed by atoms with van der Waals surface area (Å²) in [5.41, 5.74) is 0.942. The Bertz CT molecular complexity index is 828. The third-order valence-electron chi connectivity index (χ3n) is 5.74. The first-order valence-electron chi connectivity index (χ1n) is 8.69. The number of benzene rings is 1. The van der Waals surface area contributed by atoms with Gasteiger partial charge in [0.25, 0.3) is 0 Å². The molecule has 4 aliphatic rings. The van der Waals surface area contributed by atoms with Gasteiger partial charge in [-0.15, -0.1) is 0 Å². The molecule has 3 fully saturated rings. The first kappa shape index (κ1) is 14.7. The van der Waals surface area contributed by atoms with Gasteiger partial charge in [0.2, 0.25) is 0 Å². The summed E-state index contributed by atoms with van der Waals surface area (Å²) in [4.78, 5) is 11.8. The summed E-state index contributed by atoms with van der Waals surface area (Å²) in [5.74, 6) is 1.51. The monoisotopic (exact) mass is 341 g/mol. The Morgan fingerprint density at radius 3 is 2.88 bits per heavy atom. The molecule has 0 N–H and O–H groups in total. The maximum absolute atomic E-state index is 6.41. The molecule has 0 saturated carbocycles. The summed E-state index contributed by atoms with van der Waals surface area (Å²) < 4.78 is 6.41. The van der Waals surface area contributed by atoms with Crippen LogP contribution < -0.4 is 0 Å². The maximum Gasteiger partial charge on any atom is 0.190 e. The molecule has 3 saturated heterocycles. The number of fused-ring (bicyclic) bond motifs is 3. The summed E-state index contributed by atoms with van der Waals surface area (Å²) >= 11 is 6.04. The number of pyridine rings is 1. The lowest BCUT2D eigenvalue weighted by Crippen LogP contribution is -2.60. The van der Waals surface area contributed by atoms with Gasteiger partial charge in [0.05, 0.1) is 18.7 Å². The minimum atomic E-state index is -0.0593. The zero-order chi connectivity index (χ0) is 16.1. The van der Waals surface area contributed by atoms with Crippen molar-refractivity contribution < 1.29 is 4.74 Å². The molecule has 0 amide bonds. The first-order valence-corrected chi connectivity index (χ1v) is 9.07. The fraction of sp³-hybridized carbons (Fsp3) is 0.474. The van der Waals surface area contributed by atoms with Crippen LogP contribution in [0.4, 0.5) is 0 Å². The minimum Gasteiger partial charge on any atom is -0.471 e. The van der Waals surface area contributed by atoms with Crippen molar-refractivity contribution in [2.45, 2.75) is 24.9 Å². The molecule has 1 aromatic heterocycles. The van der Waals surface area contributed by atoms with Crippen molar-refractivity contribution in [3.8, 4) is 0 Å². The van der Waals surface area contributed by atoms with Crippen LogP contribution in [0.1, 0.15) is 18.5 Å². The van der Waals surface area contributed by atoms with Crippen LogP contribution in [0.3, 0.4) is 0 Å². The summed E-state index contributed by atoms with van der Waals surface area (Å²) in [6, 6.07) is 8.01. The standard InChI is InChI=1S/C19H20ClN3O/c20-16-2-1-13-8-17(21-10-14(13)7-16)9-18-22-11-19(24-18)12-23-5-3-15(19)4-6-23/h1-2,7-8,10,15H,3-6,9,11-12H2/t19-/m0/s1. The number of nitrogens with zero attached hydrogens (tertiary/aromatic N) is 3. The third kappa shape index (κ3) is 2.40. The van der Waals surface area contributed by atoms with Crippen molar-refractivity contribution >= 4 is 28.3 Å². The van der Waals surface area contributed by atoms with Gasteiger partial charge in [-0.05, 0) is 49.5 Å². The Labute approximate surface area is 146 Å². The van der Waals surface area contributed by atoms with Crippen molar-refractivity contribution in [3.05, 3.63) is 41.2 Å². The van der Waals surface area contributed by atoms with E-state index in [1.165, 1.54) is 25.9 Å². The Morgan fingerprint density at radius 2 is 2.08 bits per heavy atom. The van der Waals surface area contributed by atoms with Crippen LogP contribution in [-0.2, 0) is 11.2 Å². The Hall–Kier alpha value is -1.65. The molecule has 6 rings (SSSR count). The highest BCUT2D eigenvalue weighted by Crippen LogP contribution is 2.41. The number of aromatic nitrogens is 1. The summed E-state index contributed by atoms with van der Waals surface area (Å²) in [6.45, 7) is 4.29. The van der Waals surface area contributed by atoms with Crippen molar-refractivity contribution in [3.63, 3.8) is 0 Å². The van der Waals surface area contributed by atoms with Gasteiger partial charge in [-0.25, -0.2) is 0 Å². The molecule has 0 radical (unpaired) electrons. The molecule has 0 aliphatic carbocycles. The molecule has 4 nitrogen and oxygen atoms in total. The predicted octanol–water partition coefficient (Wildman–Crippen LogP) is 3.32. The van der Waals surface area contributed by atoms with E-state index in [0.29, 0.717) is 12.3 Å². The predicted molar refractivity (Wildman–Crippen MR) is 95.7 cm³/mol. The second-order valence-electron chi connectivity index (χ2n) is 7.27. The molecule has 2 bridgehead atoms. The average molecular weight is 342 g/mol. The average Bonchev–Trinajstić information content (AvgIpc) is 2.98. The fourth-order valence-electron chi connectivity index (χ4n) is 4.44. The number of halogens is 1. The van der Waals surface area contributed by atoms with E-state index in [1.54, 1.807) is 0 Å². The van der Waals surface area contributed by atoms with Crippen LogP contribution in [-0.4, -0.2) is 47.6 Å². The number of hydrogen-bond acceptors (Lipinski definition) is 4. The number of aliphatic imine (C=N–C) groups is 1. The lowest BCUT2D eigenvalue weighted by Gasteiger charge is -2.50.